The van der Waals surface area contributed by atoms with Gasteiger partial charge in [0, 0.05) is 17.1 Å². The molecule has 3 unspecified atom stereocenters. The highest BCUT2D eigenvalue weighted by molar-refractivity contribution is 6.30. The Morgan fingerprint density at radius 2 is 2.14 bits per heavy atom. The number of halogens is 1. The van der Waals surface area contributed by atoms with Gasteiger partial charge in [-0.2, -0.15) is 0 Å². The molecule has 1 saturated carbocycles. The van der Waals surface area contributed by atoms with Crippen LogP contribution in [0.1, 0.15) is 44.3 Å². The van der Waals surface area contributed by atoms with Crippen molar-refractivity contribution in [3.05, 3.63) is 34.9 Å². The lowest BCUT2D eigenvalue weighted by Gasteiger charge is -2.37. The first kappa shape index (κ1) is 16.3. The Hall–Kier alpha value is -1.10. The molecule has 4 N–H and O–H groups in total. The van der Waals surface area contributed by atoms with E-state index in [1.807, 2.05) is 6.92 Å². The summed E-state index contributed by atoms with van der Waals surface area (Å²) < 4.78 is 0. The Morgan fingerprint density at radius 1 is 1.48 bits per heavy atom. The molecule has 5 heteroatoms. The largest absolute Gasteiger partial charge is 0.387 e. The van der Waals surface area contributed by atoms with Crippen molar-refractivity contribution < 1.29 is 9.90 Å². The molecular formula is C16H23ClN2O2. The SMILES string of the molecule is CC1(N)CCCCC1C(=O)NCC(O)c1ccc(Cl)cc1. The normalized spacial score (nSPS) is 27.1. The van der Waals surface area contributed by atoms with Gasteiger partial charge in [0.1, 0.15) is 0 Å². The summed E-state index contributed by atoms with van der Waals surface area (Å²) in [4.78, 5) is 12.3. The van der Waals surface area contributed by atoms with E-state index in [0.29, 0.717) is 5.02 Å². The average Bonchev–Trinajstić information content (AvgIpc) is 2.44. The van der Waals surface area contributed by atoms with Crippen molar-refractivity contribution in [2.75, 3.05) is 6.54 Å². The van der Waals surface area contributed by atoms with E-state index in [0.717, 1.165) is 31.2 Å². The van der Waals surface area contributed by atoms with Gasteiger partial charge in [-0.1, -0.05) is 36.6 Å². The van der Waals surface area contributed by atoms with Gasteiger partial charge in [-0.15, -0.1) is 0 Å². The molecule has 1 aromatic rings. The fraction of sp³-hybridized carbons (Fsp3) is 0.562. The molecule has 0 bridgehead atoms. The summed E-state index contributed by atoms with van der Waals surface area (Å²) in [6, 6.07) is 6.96. The Balaban J connectivity index is 1.90. The topological polar surface area (TPSA) is 75.4 Å². The van der Waals surface area contributed by atoms with Crippen molar-refractivity contribution in [3.63, 3.8) is 0 Å². The first-order valence-electron chi connectivity index (χ1n) is 7.40. The molecule has 2 rings (SSSR count). The summed E-state index contributed by atoms with van der Waals surface area (Å²) in [7, 11) is 0. The minimum absolute atomic E-state index is 0.0623. The molecular weight excluding hydrogens is 288 g/mol. The van der Waals surface area contributed by atoms with E-state index in [1.165, 1.54) is 0 Å². The van der Waals surface area contributed by atoms with Crippen LogP contribution in [0.25, 0.3) is 0 Å². The maximum atomic E-state index is 12.3. The zero-order valence-corrected chi connectivity index (χ0v) is 13.1. The maximum absolute atomic E-state index is 12.3. The molecule has 4 nitrogen and oxygen atoms in total. The zero-order valence-electron chi connectivity index (χ0n) is 12.3. The molecule has 1 aromatic carbocycles. The van der Waals surface area contributed by atoms with Crippen LogP contribution in [-0.2, 0) is 4.79 Å². The first-order valence-corrected chi connectivity index (χ1v) is 7.78. The van der Waals surface area contributed by atoms with Crippen LogP contribution in [0.4, 0.5) is 0 Å². The van der Waals surface area contributed by atoms with Crippen LogP contribution in [0.5, 0.6) is 0 Å². The van der Waals surface area contributed by atoms with Crippen LogP contribution in [-0.4, -0.2) is 23.1 Å². The highest BCUT2D eigenvalue weighted by atomic mass is 35.5. The molecule has 0 saturated heterocycles. The van der Waals surface area contributed by atoms with Crippen molar-refractivity contribution in [2.45, 2.75) is 44.2 Å². The Morgan fingerprint density at radius 3 is 2.76 bits per heavy atom. The van der Waals surface area contributed by atoms with Crippen LogP contribution in [0.15, 0.2) is 24.3 Å². The van der Waals surface area contributed by atoms with Crippen LogP contribution in [0, 0.1) is 5.92 Å². The van der Waals surface area contributed by atoms with E-state index in [9.17, 15) is 9.90 Å². The highest BCUT2D eigenvalue weighted by Gasteiger charge is 2.37. The van der Waals surface area contributed by atoms with E-state index in [4.69, 9.17) is 17.3 Å². The molecule has 21 heavy (non-hydrogen) atoms. The second-order valence-corrected chi connectivity index (χ2v) is 6.55. The highest BCUT2D eigenvalue weighted by Crippen LogP contribution is 2.31. The molecule has 1 aliphatic rings. The molecule has 0 heterocycles. The van der Waals surface area contributed by atoms with Crippen LogP contribution < -0.4 is 11.1 Å². The third-order valence-corrected chi connectivity index (χ3v) is 4.55. The quantitative estimate of drug-likeness (QED) is 0.799. The van der Waals surface area contributed by atoms with Crippen molar-refractivity contribution in [2.24, 2.45) is 11.7 Å². The minimum atomic E-state index is -0.737. The number of carbonyl (C=O) groups is 1. The Labute approximate surface area is 130 Å². The van der Waals surface area contributed by atoms with E-state index in [1.54, 1.807) is 24.3 Å². The first-order chi connectivity index (χ1) is 9.90. The number of benzene rings is 1. The van der Waals surface area contributed by atoms with Gasteiger partial charge < -0.3 is 16.2 Å². The molecule has 116 valence electrons. The van der Waals surface area contributed by atoms with Crippen LogP contribution in [0.3, 0.4) is 0 Å². The monoisotopic (exact) mass is 310 g/mol. The van der Waals surface area contributed by atoms with Crippen LogP contribution in [0.2, 0.25) is 5.02 Å². The van der Waals surface area contributed by atoms with Crippen molar-refractivity contribution in [1.29, 1.82) is 0 Å². The molecule has 0 radical (unpaired) electrons. The summed E-state index contributed by atoms with van der Waals surface area (Å²) in [5, 5.41) is 13.5. The average molecular weight is 311 g/mol. The second kappa shape index (κ2) is 6.77. The lowest BCUT2D eigenvalue weighted by Crippen LogP contribution is -2.53. The lowest BCUT2D eigenvalue weighted by atomic mass is 9.74. The number of nitrogens with one attached hydrogen (secondary N) is 1. The zero-order chi connectivity index (χ0) is 15.5. The van der Waals surface area contributed by atoms with E-state index >= 15 is 0 Å². The summed E-state index contributed by atoms with van der Waals surface area (Å²) in [5.41, 5.74) is 6.50. The van der Waals surface area contributed by atoms with Gasteiger partial charge in [0.15, 0.2) is 0 Å². The van der Waals surface area contributed by atoms with Crippen molar-refractivity contribution in [3.8, 4) is 0 Å². The smallest absolute Gasteiger partial charge is 0.225 e. The minimum Gasteiger partial charge on any atom is -0.387 e. The predicted octanol–water partition coefficient (Wildman–Crippen LogP) is 2.40. The maximum Gasteiger partial charge on any atom is 0.225 e. The number of carbonyl (C=O) groups excluding carboxylic acids is 1. The van der Waals surface area contributed by atoms with Gasteiger partial charge in [0.25, 0.3) is 0 Å². The standard InChI is InChI=1S/C16H23ClN2O2/c1-16(18)9-3-2-4-13(16)15(21)19-10-14(20)11-5-7-12(17)8-6-11/h5-8,13-14,20H,2-4,9-10,18H2,1H3,(H,19,21). The third kappa shape index (κ3) is 4.19. The van der Waals surface area contributed by atoms with Crippen molar-refractivity contribution >= 4 is 17.5 Å². The molecule has 1 fully saturated rings. The number of amides is 1. The second-order valence-electron chi connectivity index (χ2n) is 6.12. The predicted molar refractivity (Wildman–Crippen MR) is 84.0 cm³/mol. The molecule has 0 aliphatic heterocycles. The van der Waals surface area contributed by atoms with Gasteiger partial charge >= 0.3 is 0 Å². The van der Waals surface area contributed by atoms with Crippen molar-refractivity contribution in [1.82, 2.24) is 5.32 Å². The van der Waals surface area contributed by atoms with E-state index < -0.39 is 11.6 Å². The number of rotatable bonds is 4. The van der Waals surface area contributed by atoms with Gasteiger partial charge in [-0.25, -0.2) is 0 Å². The fourth-order valence-corrected chi connectivity index (χ4v) is 3.04. The molecule has 3 atom stereocenters. The van der Waals surface area contributed by atoms with Gasteiger partial charge in [0.05, 0.1) is 12.0 Å². The fourth-order valence-electron chi connectivity index (χ4n) is 2.91. The number of nitrogens with two attached hydrogens (primary N) is 1. The van der Waals surface area contributed by atoms with Gasteiger partial charge in [0.2, 0.25) is 5.91 Å². The lowest BCUT2D eigenvalue weighted by molar-refractivity contribution is -0.128. The number of aliphatic hydroxyl groups excluding tert-OH is 1. The van der Waals surface area contributed by atoms with Gasteiger partial charge in [-0.05, 0) is 37.5 Å². The van der Waals surface area contributed by atoms with E-state index in [2.05, 4.69) is 5.32 Å². The number of hydrogen-bond donors (Lipinski definition) is 3. The van der Waals surface area contributed by atoms with E-state index in [-0.39, 0.29) is 18.4 Å². The summed E-state index contributed by atoms with van der Waals surface area (Å²) in [5.74, 6) is -0.239. The summed E-state index contributed by atoms with van der Waals surface area (Å²) in [6.07, 6.45) is 3.05. The Kier molecular flexibility index (Phi) is 5.25. The molecule has 0 aromatic heterocycles. The summed E-state index contributed by atoms with van der Waals surface area (Å²) >= 11 is 5.81. The molecule has 1 amide bonds. The van der Waals surface area contributed by atoms with Gasteiger partial charge in [-0.3, -0.25) is 4.79 Å². The number of aliphatic hydroxyl groups is 1. The molecule has 1 aliphatic carbocycles. The summed E-state index contributed by atoms with van der Waals surface area (Å²) in [6.45, 7) is 2.12. The third-order valence-electron chi connectivity index (χ3n) is 4.30. The van der Waals surface area contributed by atoms with Crippen LogP contribution >= 0.6 is 11.6 Å². The Bertz CT molecular complexity index is 488. The number of hydrogen-bond acceptors (Lipinski definition) is 3. The molecule has 0 spiro atoms.